The zero-order chi connectivity index (χ0) is 19.7. The quantitative estimate of drug-likeness (QED) is 0.823. The minimum absolute atomic E-state index is 0.113. The molecule has 0 radical (unpaired) electrons. The molecule has 2 amide bonds. The van der Waals surface area contributed by atoms with Crippen LogP contribution in [-0.2, 0) is 22.6 Å². The molecule has 3 heterocycles. The van der Waals surface area contributed by atoms with Gasteiger partial charge >= 0.3 is 0 Å². The minimum Gasteiger partial charge on any atom is -0.342 e. The van der Waals surface area contributed by atoms with Crippen molar-refractivity contribution in [2.45, 2.75) is 45.1 Å². The summed E-state index contributed by atoms with van der Waals surface area (Å²) in [5.74, 6) is 1.15. The molecule has 0 spiro atoms. The minimum atomic E-state index is -0.154. The van der Waals surface area contributed by atoms with E-state index in [0.717, 1.165) is 42.0 Å². The van der Waals surface area contributed by atoms with E-state index in [1.54, 1.807) is 6.92 Å². The molecule has 1 fully saturated rings. The highest BCUT2D eigenvalue weighted by molar-refractivity contribution is 5.83. The summed E-state index contributed by atoms with van der Waals surface area (Å²) in [6.07, 6.45) is 3.54. The lowest BCUT2D eigenvalue weighted by Crippen LogP contribution is -2.39. The summed E-state index contributed by atoms with van der Waals surface area (Å²) in [6, 6.07) is 9.91. The summed E-state index contributed by atoms with van der Waals surface area (Å²) in [5, 5.41) is 0. The molecule has 2 aliphatic heterocycles. The molecule has 0 aliphatic carbocycles. The van der Waals surface area contributed by atoms with Crippen molar-refractivity contribution in [2.24, 2.45) is 0 Å². The van der Waals surface area contributed by atoms with Gasteiger partial charge in [0.2, 0.25) is 11.8 Å². The Labute approximate surface area is 165 Å². The normalized spacial score (nSPS) is 20.0. The van der Waals surface area contributed by atoms with E-state index in [-0.39, 0.29) is 23.7 Å². The Morgan fingerprint density at radius 2 is 1.93 bits per heavy atom. The van der Waals surface area contributed by atoms with Gasteiger partial charge in [-0.05, 0) is 18.9 Å². The maximum atomic E-state index is 12.9. The molecule has 1 aromatic heterocycles. The molecule has 28 heavy (non-hydrogen) atoms. The molecular formula is C22H26N4O2. The van der Waals surface area contributed by atoms with E-state index in [1.807, 2.05) is 53.3 Å². The monoisotopic (exact) mass is 378 g/mol. The van der Waals surface area contributed by atoms with Crippen LogP contribution in [0.2, 0.25) is 0 Å². The molecule has 2 aliphatic rings. The molecule has 0 saturated carbocycles. The third-order valence-corrected chi connectivity index (χ3v) is 5.93. The average molecular weight is 378 g/mol. The van der Waals surface area contributed by atoms with Crippen LogP contribution in [0.5, 0.6) is 0 Å². The second-order valence-corrected chi connectivity index (χ2v) is 7.79. The number of rotatable bonds is 3. The Morgan fingerprint density at radius 3 is 2.64 bits per heavy atom. The number of benzene rings is 1. The summed E-state index contributed by atoms with van der Waals surface area (Å²) in [6.45, 7) is 6.30. The van der Waals surface area contributed by atoms with Crippen molar-refractivity contribution in [3.05, 3.63) is 59.2 Å². The van der Waals surface area contributed by atoms with Crippen LogP contribution in [0.4, 0.5) is 0 Å². The van der Waals surface area contributed by atoms with Gasteiger partial charge in [-0.2, -0.15) is 0 Å². The van der Waals surface area contributed by atoms with Gasteiger partial charge in [0, 0.05) is 57.2 Å². The van der Waals surface area contributed by atoms with Crippen molar-refractivity contribution in [1.82, 2.24) is 19.8 Å². The first-order valence-electron chi connectivity index (χ1n) is 9.97. The van der Waals surface area contributed by atoms with Gasteiger partial charge in [-0.25, -0.2) is 9.97 Å². The van der Waals surface area contributed by atoms with Gasteiger partial charge in [0.1, 0.15) is 5.82 Å². The molecule has 2 atom stereocenters. The summed E-state index contributed by atoms with van der Waals surface area (Å²) < 4.78 is 0. The van der Waals surface area contributed by atoms with Crippen LogP contribution in [0.3, 0.4) is 0 Å². The van der Waals surface area contributed by atoms with E-state index in [2.05, 4.69) is 4.98 Å². The highest BCUT2D eigenvalue weighted by Gasteiger charge is 2.30. The van der Waals surface area contributed by atoms with Crippen LogP contribution < -0.4 is 0 Å². The van der Waals surface area contributed by atoms with Crippen molar-refractivity contribution in [1.29, 1.82) is 0 Å². The van der Waals surface area contributed by atoms with E-state index in [4.69, 9.17) is 4.98 Å². The van der Waals surface area contributed by atoms with Gasteiger partial charge in [-0.3, -0.25) is 9.59 Å². The van der Waals surface area contributed by atoms with Gasteiger partial charge in [0.15, 0.2) is 0 Å². The number of amides is 2. The van der Waals surface area contributed by atoms with Crippen LogP contribution in [0.15, 0.2) is 36.5 Å². The maximum absolute atomic E-state index is 12.9. The lowest BCUT2D eigenvalue weighted by Gasteiger charge is -2.30. The fraction of sp³-hybridized carbons (Fsp3) is 0.455. The number of hydrogen-bond acceptors (Lipinski definition) is 4. The smallest absolute Gasteiger partial charge is 0.230 e. The van der Waals surface area contributed by atoms with Crippen LogP contribution in [0, 0.1) is 0 Å². The van der Waals surface area contributed by atoms with Gasteiger partial charge < -0.3 is 9.80 Å². The first-order chi connectivity index (χ1) is 13.5. The number of aromatic nitrogens is 2. The SMILES string of the molecule is CC(=O)N1CCC(c2ncc3c(n2)CCN(C(=O)C(C)c2ccccc2)C3)C1. The average Bonchev–Trinajstić information content (AvgIpc) is 3.23. The fourth-order valence-corrected chi connectivity index (χ4v) is 4.13. The topological polar surface area (TPSA) is 66.4 Å². The lowest BCUT2D eigenvalue weighted by molar-refractivity contribution is -0.133. The number of fused-ring (bicyclic) bond motifs is 1. The molecule has 6 heteroatoms. The molecule has 2 unspecified atom stereocenters. The third-order valence-electron chi connectivity index (χ3n) is 5.93. The summed E-state index contributed by atoms with van der Waals surface area (Å²) in [5.41, 5.74) is 3.12. The van der Waals surface area contributed by atoms with Crippen molar-refractivity contribution in [3.63, 3.8) is 0 Å². The van der Waals surface area contributed by atoms with Gasteiger partial charge in [-0.15, -0.1) is 0 Å². The Balaban J connectivity index is 1.45. The lowest BCUT2D eigenvalue weighted by atomic mass is 9.98. The molecule has 4 rings (SSSR count). The molecule has 0 bridgehead atoms. The first kappa shape index (κ1) is 18.6. The number of hydrogen-bond donors (Lipinski definition) is 0. The molecule has 1 aromatic carbocycles. The van der Waals surface area contributed by atoms with Crippen molar-refractivity contribution >= 4 is 11.8 Å². The zero-order valence-electron chi connectivity index (χ0n) is 16.5. The van der Waals surface area contributed by atoms with Crippen LogP contribution >= 0.6 is 0 Å². The van der Waals surface area contributed by atoms with Crippen LogP contribution in [0.1, 0.15) is 54.7 Å². The Hall–Kier alpha value is -2.76. The molecule has 146 valence electrons. The number of carbonyl (C=O) groups is 2. The standard InChI is InChI=1S/C22H26N4O2/c1-15(17-6-4-3-5-7-17)22(28)26-11-9-20-19(14-26)12-23-21(24-20)18-8-10-25(13-18)16(2)27/h3-7,12,15,18H,8-11,13-14H2,1-2H3. The van der Waals surface area contributed by atoms with E-state index >= 15 is 0 Å². The molecule has 0 N–H and O–H groups in total. The largest absolute Gasteiger partial charge is 0.342 e. The third kappa shape index (κ3) is 3.63. The molecule has 1 saturated heterocycles. The highest BCUT2D eigenvalue weighted by atomic mass is 16.2. The Bertz CT molecular complexity index is 883. The van der Waals surface area contributed by atoms with Gasteiger partial charge in [-0.1, -0.05) is 30.3 Å². The number of carbonyl (C=O) groups excluding carboxylic acids is 2. The zero-order valence-corrected chi connectivity index (χ0v) is 16.5. The Morgan fingerprint density at radius 1 is 1.14 bits per heavy atom. The number of nitrogens with zero attached hydrogens (tertiary/aromatic N) is 4. The van der Waals surface area contributed by atoms with E-state index in [0.29, 0.717) is 19.6 Å². The predicted molar refractivity (Wildman–Crippen MR) is 106 cm³/mol. The molecular weight excluding hydrogens is 352 g/mol. The van der Waals surface area contributed by atoms with Crippen molar-refractivity contribution in [3.8, 4) is 0 Å². The van der Waals surface area contributed by atoms with Gasteiger partial charge in [0.05, 0.1) is 11.6 Å². The van der Waals surface area contributed by atoms with E-state index in [9.17, 15) is 9.59 Å². The predicted octanol–water partition coefficient (Wildman–Crippen LogP) is 2.50. The van der Waals surface area contributed by atoms with Crippen molar-refractivity contribution < 1.29 is 9.59 Å². The Kier molecular flexibility index (Phi) is 5.11. The summed E-state index contributed by atoms with van der Waals surface area (Å²) in [4.78, 5) is 37.6. The van der Waals surface area contributed by atoms with Crippen LogP contribution in [-0.4, -0.2) is 51.2 Å². The van der Waals surface area contributed by atoms with E-state index in [1.165, 1.54) is 0 Å². The summed E-state index contributed by atoms with van der Waals surface area (Å²) in [7, 11) is 0. The van der Waals surface area contributed by atoms with Crippen LogP contribution in [0.25, 0.3) is 0 Å². The fourth-order valence-electron chi connectivity index (χ4n) is 4.13. The van der Waals surface area contributed by atoms with Crippen molar-refractivity contribution in [2.75, 3.05) is 19.6 Å². The number of likely N-dealkylation sites (tertiary alicyclic amines) is 1. The molecule has 6 nitrogen and oxygen atoms in total. The maximum Gasteiger partial charge on any atom is 0.230 e. The highest BCUT2D eigenvalue weighted by Crippen LogP contribution is 2.27. The second-order valence-electron chi connectivity index (χ2n) is 7.79. The first-order valence-corrected chi connectivity index (χ1v) is 9.97. The second kappa shape index (κ2) is 7.70. The van der Waals surface area contributed by atoms with Gasteiger partial charge in [0.25, 0.3) is 0 Å². The van der Waals surface area contributed by atoms with E-state index < -0.39 is 0 Å². The summed E-state index contributed by atoms with van der Waals surface area (Å²) >= 11 is 0. The molecule has 2 aromatic rings.